The zero-order valence-electron chi connectivity index (χ0n) is 22.2. The summed E-state index contributed by atoms with van der Waals surface area (Å²) in [6, 6.07) is 13.4. The second-order valence-corrected chi connectivity index (χ2v) is 10.2. The maximum absolute atomic E-state index is 12.4. The Hall–Kier alpha value is -4.11. The Morgan fingerprint density at radius 3 is 2.52 bits per heavy atom. The van der Waals surface area contributed by atoms with Gasteiger partial charge in [-0.2, -0.15) is 0 Å². The summed E-state index contributed by atoms with van der Waals surface area (Å²) in [6.07, 6.45) is -5.92. The molecule has 0 saturated carbocycles. The van der Waals surface area contributed by atoms with Crippen molar-refractivity contribution in [2.75, 3.05) is 18.5 Å². The highest BCUT2D eigenvalue weighted by molar-refractivity contribution is 7.80. The normalized spacial score (nSPS) is 22.2. The maximum Gasteiger partial charge on any atom is 0.336 e. The molecule has 12 nitrogen and oxygen atoms in total. The van der Waals surface area contributed by atoms with Gasteiger partial charge < -0.3 is 50.1 Å². The third kappa shape index (κ3) is 5.92. The number of aromatic carboxylic acids is 1. The van der Waals surface area contributed by atoms with Crippen LogP contribution < -0.4 is 16.1 Å². The number of thiocarbonyl (C=S) groups is 1. The lowest BCUT2D eigenvalue weighted by Crippen LogP contribution is -2.57. The van der Waals surface area contributed by atoms with Crippen molar-refractivity contribution in [2.45, 2.75) is 37.6 Å². The second-order valence-electron chi connectivity index (χ2n) is 9.81. The Kier molecular flexibility index (Phi) is 8.41. The Balaban J connectivity index is 1.33. The standard InChI is InChI=1S/C29H28N2O10S/c1-13-24(34)25(35)26(36)28(40-13)39-9-8-30-29(42)31-14-2-5-17(20(10-14)27(37)38)23-18-6-3-15(32)11-21(18)41-22-12-16(33)4-7-19(22)23/h2-7,10-13,24-26,28,32,34-36H,8-9H2,1H3,(H,37,38)(H2,30,31,42)/t13?,24-,25?,26?,28-/m1/s1. The van der Waals surface area contributed by atoms with E-state index < -0.39 is 36.7 Å². The predicted octanol–water partition coefficient (Wildman–Crippen LogP) is 2.10. The molecule has 0 radical (unpaired) electrons. The van der Waals surface area contributed by atoms with Crippen LogP contribution in [0.1, 0.15) is 17.3 Å². The minimum absolute atomic E-state index is 0.0399. The Labute approximate surface area is 244 Å². The van der Waals surface area contributed by atoms with Crippen LogP contribution in [-0.2, 0) is 9.47 Å². The van der Waals surface area contributed by atoms with E-state index in [4.69, 9.17) is 26.1 Å². The molecular formula is C29H28N2O10S. The second kappa shape index (κ2) is 12.0. The molecule has 2 aliphatic heterocycles. The summed E-state index contributed by atoms with van der Waals surface area (Å²) in [7, 11) is 0. The van der Waals surface area contributed by atoms with Crippen LogP contribution in [0.2, 0.25) is 0 Å². The SMILES string of the molecule is CC1O[C@@H](OCCNC(=S)Nc2ccc(-c3c4ccc(=O)cc-4oc4cc(O)ccc34)c(C(=O)O)c2)C(O)C(O)[C@@H]1O. The zero-order chi connectivity index (χ0) is 30.1. The van der Waals surface area contributed by atoms with E-state index in [1.165, 1.54) is 30.3 Å². The van der Waals surface area contributed by atoms with Crippen molar-refractivity contribution in [2.24, 2.45) is 0 Å². The lowest BCUT2D eigenvalue weighted by molar-refractivity contribution is -0.292. The first-order chi connectivity index (χ1) is 20.0. The molecule has 1 aliphatic carbocycles. The maximum atomic E-state index is 12.4. The highest BCUT2D eigenvalue weighted by Crippen LogP contribution is 2.42. The fraction of sp³-hybridized carbons (Fsp3) is 0.276. The van der Waals surface area contributed by atoms with Crippen LogP contribution in [-0.4, -0.2) is 80.5 Å². The van der Waals surface area contributed by atoms with E-state index in [2.05, 4.69) is 10.6 Å². The molecule has 5 rings (SSSR count). The monoisotopic (exact) mass is 596 g/mol. The molecule has 3 aliphatic rings. The summed E-state index contributed by atoms with van der Waals surface area (Å²) in [5, 5.41) is 56.4. The fourth-order valence-electron chi connectivity index (χ4n) is 4.83. The number of phenols is 1. The van der Waals surface area contributed by atoms with Crippen molar-refractivity contribution < 1.29 is 44.2 Å². The first-order valence-corrected chi connectivity index (χ1v) is 13.4. The number of aromatic hydroxyl groups is 1. The van der Waals surface area contributed by atoms with Gasteiger partial charge in [0.2, 0.25) is 0 Å². The number of rotatable bonds is 7. The van der Waals surface area contributed by atoms with Crippen molar-refractivity contribution in [3.8, 4) is 28.2 Å². The molecule has 5 atom stereocenters. The number of benzene rings is 3. The van der Waals surface area contributed by atoms with Crippen molar-refractivity contribution in [1.29, 1.82) is 0 Å². The summed E-state index contributed by atoms with van der Waals surface area (Å²) >= 11 is 5.32. The number of ether oxygens (including phenoxy) is 2. The van der Waals surface area contributed by atoms with E-state index in [1.54, 1.807) is 31.2 Å². The highest BCUT2D eigenvalue weighted by atomic mass is 32.1. The molecule has 42 heavy (non-hydrogen) atoms. The van der Waals surface area contributed by atoms with Gasteiger partial charge in [-0.05, 0) is 61.1 Å². The van der Waals surface area contributed by atoms with Crippen LogP contribution in [0.25, 0.3) is 33.4 Å². The minimum atomic E-state index is -1.42. The number of carboxylic acids is 1. The van der Waals surface area contributed by atoms with Crippen LogP contribution in [0.3, 0.4) is 0 Å². The Morgan fingerprint density at radius 1 is 1.00 bits per heavy atom. The molecule has 0 aromatic heterocycles. The topological polar surface area (TPSA) is 191 Å². The van der Waals surface area contributed by atoms with Gasteiger partial charge in [-0.25, -0.2) is 4.79 Å². The average molecular weight is 597 g/mol. The third-order valence-corrected chi connectivity index (χ3v) is 7.18. The number of fused-ring (bicyclic) bond motifs is 2. The minimum Gasteiger partial charge on any atom is -0.508 e. The summed E-state index contributed by atoms with van der Waals surface area (Å²) in [5.41, 5.74) is 1.75. The zero-order valence-corrected chi connectivity index (χ0v) is 23.0. The van der Waals surface area contributed by atoms with E-state index in [1.807, 2.05) is 0 Å². The van der Waals surface area contributed by atoms with Crippen LogP contribution >= 0.6 is 12.2 Å². The van der Waals surface area contributed by atoms with Crippen molar-refractivity contribution in [1.82, 2.24) is 5.32 Å². The van der Waals surface area contributed by atoms with Crippen molar-refractivity contribution in [3.63, 3.8) is 0 Å². The first kappa shape index (κ1) is 29.4. The first-order valence-electron chi connectivity index (χ1n) is 13.0. The number of carboxylic acid groups (broad SMARTS) is 1. The molecule has 7 N–H and O–H groups in total. The van der Waals surface area contributed by atoms with Gasteiger partial charge in [0, 0.05) is 40.9 Å². The molecule has 13 heteroatoms. The number of phenolic OH excluding ortho intramolecular Hbond substituents is 1. The number of hydrogen-bond donors (Lipinski definition) is 7. The van der Waals surface area contributed by atoms with Crippen molar-refractivity contribution in [3.05, 3.63) is 70.4 Å². The molecule has 220 valence electrons. The van der Waals surface area contributed by atoms with Crippen molar-refractivity contribution >= 4 is 40.0 Å². The van der Waals surface area contributed by atoms with Gasteiger partial charge in [0.25, 0.3) is 0 Å². The van der Waals surface area contributed by atoms with E-state index >= 15 is 0 Å². The van der Waals surface area contributed by atoms with Gasteiger partial charge >= 0.3 is 5.97 Å². The number of aliphatic hydroxyl groups excluding tert-OH is 3. The number of aliphatic hydroxyl groups is 3. The number of hydrogen-bond acceptors (Lipinski definition) is 10. The van der Waals surface area contributed by atoms with Gasteiger partial charge in [-0.1, -0.05) is 6.07 Å². The molecule has 2 aromatic rings. The van der Waals surface area contributed by atoms with Gasteiger partial charge in [0.05, 0.1) is 18.3 Å². The van der Waals surface area contributed by atoms with Gasteiger partial charge in [0.1, 0.15) is 35.4 Å². The molecule has 0 bridgehead atoms. The van der Waals surface area contributed by atoms with Gasteiger partial charge in [-0.15, -0.1) is 0 Å². The molecule has 0 amide bonds. The summed E-state index contributed by atoms with van der Waals surface area (Å²) < 4.78 is 16.7. The molecule has 1 fully saturated rings. The van der Waals surface area contributed by atoms with Crippen LogP contribution in [0.15, 0.2) is 63.8 Å². The van der Waals surface area contributed by atoms with Crippen LogP contribution in [0.4, 0.5) is 5.69 Å². The molecule has 2 heterocycles. The highest BCUT2D eigenvalue weighted by Gasteiger charge is 2.42. The van der Waals surface area contributed by atoms with E-state index in [0.717, 1.165) is 0 Å². The number of carbonyl (C=O) groups is 1. The summed E-state index contributed by atoms with van der Waals surface area (Å²) in [5.74, 6) is -1.00. The van der Waals surface area contributed by atoms with Crippen LogP contribution in [0, 0.1) is 0 Å². The van der Waals surface area contributed by atoms with E-state index in [-0.39, 0.29) is 46.3 Å². The quantitative estimate of drug-likeness (QED) is 0.0933. The predicted molar refractivity (Wildman–Crippen MR) is 156 cm³/mol. The lowest BCUT2D eigenvalue weighted by Gasteiger charge is -2.38. The van der Waals surface area contributed by atoms with Gasteiger partial charge in [0.15, 0.2) is 16.8 Å². The van der Waals surface area contributed by atoms with E-state index in [9.17, 15) is 35.1 Å². The number of nitrogens with one attached hydrogen (secondary N) is 2. The molecule has 1 saturated heterocycles. The smallest absolute Gasteiger partial charge is 0.336 e. The molecule has 3 unspecified atom stereocenters. The molecule has 0 spiro atoms. The average Bonchev–Trinajstić information content (AvgIpc) is 2.95. The largest absolute Gasteiger partial charge is 0.508 e. The third-order valence-electron chi connectivity index (χ3n) is 6.93. The Morgan fingerprint density at radius 2 is 1.76 bits per heavy atom. The fourth-order valence-corrected chi connectivity index (χ4v) is 5.05. The summed E-state index contributed by atoms with van der Waals surface area (Å²) in [4.78, 5) is 24.4. The summed E-state index contributed by atoms with van der Waals surface area (Å²) in [6.45, 7) is 1.78. The van der Waals surface area contributed by atoms with Crippen LogP contribution in [0.5, 0.6) is 5.75 Å². The molecular weight excluding hydrogens is 568 g/mol. The van der Waals surface area contributed by atoms with E-state index in [0.29, 0.717) is 27.8 Å². The van der Waals surface area contributed by atoms with Gasteiger partial charge in [-0.3, -0.25) is 4.79 Å². The molecule has 2 aromatic carbocycles. The Bertz CT molecular complexity index is 1670. The number of anilines is 1. The lowest BCUT2D eigenvalue weighted by atomic mass is 9.90.